The molecule has 1 aliphatic heterocycles. The van der Waals surface area contributed by atoms with E-state index in [4.69, 9.17) is 10.5 Å². The molecule has 2 N–H and O–H groups in total. The van der Waals surface area contributed by atoms with E-state index in [0.717, 1.165) is 24.1 Å². The number of nitrogens with two attached hydrogens (primary N) is 1. The molecule has 1 amide bonds. The molecule has 1 unspecified atom stereocenters. The average molecular weight is 304 g/mol. The van der Waals surface area contributed by atoms with Gasteiger partial charge in [0.25, 0.3) is 5.91 Å². The van der Waals surface area contributed by atoms with Crippen LogP contribution in [0.4, 0.5) is 0 Å². The second-order valence-corrected chi connectivity index (χ2v) is 7.17. The van der Waals surface area contributed by atoms with Crippen molar-refractivity contribution in [2.45, 2.75) is 52.9 Å². The standard InChI is InChI=1S/C18H28N2O2/c1-13(2)22-11-14-5-7-15(8-6-14)17(21)20-10-9-16(19)18(3,4)12-20/h5-8,13,16H,9-12,19H2,1-4H3. The molecule has 4 heteroatoms. The molecule has 0 aromatic heterocycles. The maximum Gasteiger partial charge on any atom is 0.253 e. The van der Waals surface area contributed by atoms with E-state index >= 15 is 0 Å². The second-order valence-electron chi connectivity index (χ2n) is 7.17. The van der Waals surface area contributed by atoms with Crippen LogP contribution >= 0.6 is 0 Å². The van der Waals surface area contributed by atoms with Crippen molar-refractivity contribution >= 4 is 5.91 Å². The van der Waals surface area contributed by atoms with E-state index in [0.29, 0.717) is 13.2 Å². The van der Waals surface area contributed by atoms with Crippen LogP contribution in [0.15, 0.2) is 24.3 Å². The first-order valence-electron chi connectivity index (χ1n) is 8.05. The zero-order valence-electron chi connectivity index (χ0n) is 14.1. The molecule has 22 heavy (non-hydrogen) atoms. The van der Waals surface area contributed by atoms with Gasteiger partial charge in [0.15, 0.2) is 0 Å². The Balaban J connectivity index is 2.01. The van der Waals surface area contributed by atoms with Gasteiger partial charge >= 0.3 is 0 Å². The highest BCUT2D eigenvalue weighted by atomic mass is 16.5. The molecule has 1 heterocycles. The van der Waals surface area contributed by atoms with E-state index in [1.165, 1.54) is 0 Å². The van der Waals surface area contributed by atoms with Crippen LogP contribution in [0.1, 0.15) is 50.0 Å². The topological polar surface area (TPSA) is 55.6 Å². The van der Waals surface area contributed by atoms with Crippen LogP contribution in [0.5, 0.6) is 0 Å². The number of hydrogen-bond donors (Lipinski definition) is 1. The molecule has 0 spiro atoms. The van der Waals surface area contributed by atoms with Gasteiger partial charge in [-0.05, 0) is 43.4 Å². The van der Waals surface area contributed by atoms with Crippen LogP contribution in [0, 0.1) is 5.41 Å². The molecule has 0 bridgehead atoms. The van der Waals surface area contributed by atoms with Crippen LogP contribution in [0.25, 0.3) is 0 Å². The number of likely N-dealkylation sites (tertiary alicyclic amines) is 1. The highest BCUT2D eigenvalue weighted by Crippen LogP contribution is 2.28. The largest absolute Gasteiger partial charge is 0.374 e. The van der Waals surface area contributed by atoms with Crippen LogP contribution in [-0.2, 0) is 11.3 Å². The summed E-state index contributed by atoms with van der Waals surface area (Å²) < 4.78 is 5.57. The Bertz CT molecular complexity index is 508. The predicted molar refractivity (Wildman–Crippen MR) is 88.6 cm³/mol. The number of nitrogens with zero attached hydrogens (tertiary/aromatic N) is 1. The molecule has 0 saturated carbocycles. The lowest BCUT2D eigenvalue weighted by molar-refractivity contribution is 0.0532. The zero-order chi connectivity index (χ0) is 16.3. The maximum absolute atomic E-state index is 12.6. The molecule has 1 saturated heterocycles. The maximum atomic E-state index is 12.6. The quantitative estimate of drug-likeness (QED) is 0.930. The summed E-state index contributed by atoms with van der Waals surface area (Å²) >= 11 is 0. The molecule has 122 valence electrons. The summed E-state index contributed by atoms with van der Waals surface area (Å²) in [4.78, 5) is 14.5. The second kappa shape index (κ2) is 6.80. The van der Waals surface area contributed by atoms with Gasteiger partial charge in [-0.2, -0.15) is 0 Å². The van der Waals surface area contributed by atoms with Gasteiger partial charge in [0.1, 0.15) is 0 Å². The van der Waals surface area contributed by atoms with E-state index in [1.807, 2.05) is 43.0 Å². The molecule has 4 nitrogen and oxygen atoms in total. The summed E-state index contributed by atoms with van der Waals surface area (Å²) in [6.45, 7) is 10.3. The van der Waals surface area contributed by atoms with Gasteiger partial charge < -0.3 is 15.4 Å². The first-order chi connectivity index (χ1) is 10.3. The van der Waals surface area contributed by atoms with Crippen molar-refractivity contribution in [3.05, 3.63) is 35.4 Å². The van der Waals surface area contributed by atoms with Crippen LogP contribution in [-0.4, -0.2) is 36.0 Å². The average Bonchev–Trinajstić information content (AvgIpc) is 2.47. The minimum Gasteiger partial charge on any atom is -0.374 e. The third-order valence-electron chi connectivity index (χ3n) is 4.38. The number of piperidine rings is 1. The van der Waals surface area contributed by atoms with Gasteiger partial charge in [-0.3, -0.25) is 4.79 Å². The summed E-state index contributed by atoms with van der Waals surface area (Å²) in [6, 6.07) is 7.88. The fourth-order valence-electron chi connectivity index (χ4n) is 2.74. The Morgan fingerprint density at radius 2 is 2.00 bits per heavy atom. The van der Waals surface area contributed by atoms with Crippen LogP contribution in [0.2, 0.25) is 0 Å². The number of carbonyl (C=O) groups is 1. The summed E-state index contributed by atoms with van der Waals surface area (Å²) in [6.07, 6.45) is 1.07. The number of benzene rings is 1. The van der Waals surface area contributed by atoms with E-state index < -0.39 is 0 Å². The Hall–Kier alpha value is -1.39. The fourth-order valence-corrected chi connectivity index (χ4v) is 2.74. The van der Waals surface area contributed by atoms with E-state index in [9.17, 15) is 4.79 Å². The van der Waals surface area contributed by atoms with Crippen LogP contribution < -0.4 is 5.73 Å². The lowest BCUT2D eigenvalue weighted by Gasteiger charge is -2.42. The van der Waals surface area contributed by atoms with Gasteiger partial charge in [0.2, 0.25) is 0 Å². The number of hydrogen-bond acceptors (Lipinski definition) is 3. The SMILES string of the molecule is CC(C)OCc1ccc(C(=O)N2CCC(N)C(C)(C)C2)cc1. The van der Waals surface area contributed by atoms with Gasteiger partial charge in [0.05, 0.1) is 12.7 Å². The molecule has 1 atom stereocenters. The van der Waals surface area contributed by atoms with Crippen LogP contribution in [0.3, 0.4) is 0 Å². The van der Waals surface area contributed by atoms with Gasteiger partial charge in [-0.1, -0.05) is 26.0 Å². The lowest BCUT2D eigenvalue weighted by atomic mass is 9.79. The van der Waals surface area contributed by atoms with Crippen molar-refractivity contribution in [1.82, 2.24) is 4.90 Å². The van der Waals surface area contributed by atoms with Crippen molar-refractivity contribution in [2.24, 2.45) is 11.1 Å². The minimum atomic E-state index is -0.0288. The number of carbonyl (C=O) groups excluding carboxylic acids is 1. The molecule has 0 radical (unpaired) electrons. The smallest absolute Gasteiger partial charge is 0.253 e. The molecule has 1 aromatic carbocycles. The van der Waals surface area contributed by atoms with E-state index in [1.54, 1.807) is 0 Å². The van der Waals surface area contributed by atoms with E-state index in [-0.39, 0.29) is 23.5 Å². The van der Waals surface area contributed by atoms with Gasteiger partial charge in [-0.15, -0.1) is 0 Å². The molecule has 0 aliphatic carbocycles. The summed E-state index contributed by atoms with van der Waals surface area (Å²) in [7, 11) is 0. The van der Waals surface area contributed by atoms with Crippen molar-refractivity contribution in [3.63, 3.8) is 0 Å². The van der Waals surface area contributed by atoms with Crippen molar-refractivity contribution < 1.29 is 9.53 Å². The minimum absolute atomic E-state index is 0.0288. The van der Waals surface area contributed by atoms with Crippen molar-refractivity contribution in [3.8, 4) is 0 Å². The Kier molecular flexibility index (Phi) is 5.24. The number of rotatable bonds is 4. The predicted octanol–water partition coefficient (Wildman–Crippen LogP) is 2.81. The van der Waals surface area contributed by atoms with E-state index in [2.05, 4.69) is 13.8 Å². The van der Waals surface area contributed by atoms with Gasteiger partial charge in [0, 0.05) is 24.7 Å². The number of ether oxygens (including phenoxy) is 1. The molecule has 1 aliphatic rings. The molecular formula is C18H28N2O2. The molecule has 1 aromatic rings. The summed E-state index contributed by atoms with van der Waals surface area (Å²) in [5, 5.41) is 0. The third-order valence-corrected chi connectivity index (χ3v) is 4.38. The molecule has 2 rings (SSSR count). The number of amides is 1. The first-order valence-corrected chi connectivity index (χ1v) is 8.05. The lowest BCUT2D eigenvalue weighted by Crippen LogP contribution is -2.53. The summed E-state index contributed by atoms with van der Waals surface area (Å²) in [5.74, 6) is 0.0938. The summed E-state index contributed by atoms with van der Waals surface area (Å²) in [5.41, 5.74) is 7.94. The Morgan fingerprint density at radius 3 is 2.55 bits per heavy atom. The first kappa shape index (κ1) is 17.0. The Morgan fingerprint density at radius 1 is 1.36 bits per heavy atom. The highest BCUT2D eigenvalue weighted by molar-refractivity contribution is 5.94. The highest BCUT2D eigenvalue weighted by Gasteiger charge is 2.35. The zero-order valence-corrected chi connectivity index (χ0v) is 14.1. The fraction of sp³-hybridized carbons (Fsp3) is 0.611. The van der Waals surface area contributed by atoms with Crippen molar-refractivity contribution in [1.29, 1.82) is 0 Å². The Labute approximate surface area is 133 Å². The normalized spacial score (nSPS) is 21.2. The van der Waals surface area contributed by atoms with Crippen molar-refractivity contribution in [2.75, 3.05) is 13.1 Å². The monoisotopic (exact) mass is 304 g/mol. The molecular weight excluding hydrogens is 276 g/mol. The third kappa shape index (κ3) is 4.08. The molecule has 1 fully saturated rings. The van der Waals surface area contributed by atoms with Gasteiger partial charge in [-0.25, -0.2) is 0 Å².